The van der Waals surface area contributed by atoms with Gasteiger partial charge in [-0.05, 0) is 37.0 Å². The van der Waals surface area contributed by atoms with Crippen molar-refractivity contribution in [2.45, 2.75) is 38.8 Å². The molecule has 19 heavy (non-hydrogen) atoms. The van der Waals surface area contributed by atoms with E-state index in [0.29, 0.717) is 18.3 Å². The molecule has 106 valence electrons. The number of rotatable bonds is 5. The minimum absolute atomic E-state index is 0. The van der Waals surface area contributed by atoms with Crippen LogP contribution < -0.4 is 10.6 Å². The maximum absolute atomic E-state index is 9.40. The predicted octanol–water partition coefficient (Wildman–Crippen LogP) is 2.62. The molecule has 1 aromatic rings. The van der Waals surface area contributed by atoms with E-state index in [1.165, 1.54) is 12.8 Å². The number of hydrogen-bond acceptors (Lipinski definition) is 2. The summed E-state index contributed by atoms with van der Waals surface area (Å²) in [4.78, 5) is 4.54. The van der Waals surface area contributed by atoms with Gasteiger partial charge >= 0.3 is 0 Å². The number of nitrogens with one attached hydrogen (secondary N) is 2. The van der Waals surface area contributed by atoms with E-state index >= 15 is 0 Å². The highest BCUT2D eigenvalue weighted by Crippen LogP contribution is 2.18. The number of phenolic OH excluding ortho intramolecular Hbond substituents is 1. The first-order valence-electron chi connectivity index (χ1n) is 6.60. The third kappa shape index (κ3) is 6.13. The van der Waals surface area contributed by atoms with Gasteiger partial charge < -0.3 is 15.7 Å². The fourth-order valence-corrected chi connectivity index (χ4v) is 1.64. The Bertz CT molecular complexity index is 419. The van der Waals surface area contributed by atoms with Crippen molar-refractivity contribution in [1.82, 2.24) is 10.6 Å². The molecule has 0 aromatic heterocycles. The summed E-state index contributed by atoms with van der Waals surface area (Å²) in [6.07, 6.45) is 3.55. The van der Waals surface area contributed by atoms with Crippen LogP contribution in [0.5, 0.6) is 5.75 Å². The zero-order valence-corrected chi connectivity index (χ0v) is 13.6. The highest BCUT2D eigenvalue weighted by molar-refractivity contribution is 14.0. The maximum Gasteiger partial charge on any atom is 0.191 e. The lowest BCUT2D eigenvalue weighted by atomic mass is 10.2. The molecule has 0 spiro atoms. The van der Waals surface area contributed by atoms with Gasteiger partial charge in [-0.25, -0.2) is 4.99 Å². The van der Waals surface area contributed by atoms with Gasteiger partial charge in [0.05, 0.1) is 6.54 Å². The lowest BCUT2D eigenvalue weighted by Gasteiger charge is -2.11. The molecule has 0 heterocycles. The molecule has 1 aliphatic carbocycles. The van der Waals surface area contributed by atoms with E-state index in [9.17, 15) is 5.11 Å². The molecular weight excluding hydrogens is 353 g/mol. The van der Waals surface area contributed by atoms with Gasteiger partial charge in [-0.15, -0.1) is 24.0 Å². The molecule has 0 atom stereocenters. The molecule has 1 aliphatic rings. The van der Waals surface area contributed by atoms with Gasteiger partial charge in [0.15, 0.2) is 5.96 Å². The molecule has 5 heteroatoms. The zero-order valence-electron chi connectivity index (χ0n) is 11.2. The van der Waals surface area contributed by atoms with E-state index in [-0.39, 0.29) is 24.0 Å². The summed E-state index contributed by atoms with van der Waals surface area (Å²) in [6.45, 7) is 3.65. The lowest BCUT2D eigenvalue weighted by molar-refractivity contribution is 0.474. The van der Waals surface area contributed by atoms with Gasteiger partial charge in [-0.3, -0.25) is 0 Å². The van der Waals surface area contributed by atoms with Crippen LogP contribution in [0, 0.1) is 0 Å². The monoisotopic (exact) mass is 375 g/mol. The van der Waals surface area contributed by atoms with E-state index in [1.54, 1.807) is 12.1 Å². The Morgan fingerprint density at radius 1 is 1.42 bits per heavy atom. The SMILES string of the molecule is CCCNC(=NCc1cccc(O)c1)NC1CC1.I. The van der Waals surface area contributed by atoms with Crippen molar-refractivity contribution in [2.24, 2.45) is 4.99 Å². The van der Waals surface area contributed by atoms with Crippen molar-refractivity contribution < 1.29 is 5.11 Å². The van der Waals surface area contributed by atoms with E-state index in [0.717, 1.165) is 24.5 Å². The molecule has 1 saturated carbocycles. The molecule has 1 aromatic carbocycles. The summed E-state index contributed by atoms with van der Waals surface area (Å²) in [6, 6.07) is 7.83. The Morgan fingerprint density at radius 2 is 2.21 bits per heavy atom. The summed E-state index contributed by atoms with van der Waals surface area (Å²) >= 11 is 0. The van der Waals surface area contributed by atoms with Gasteiger partial charge in [0.2, 0.25) is 0 Å². The van der Waals surface area contributed by atoms with E-state index in [4.69, 9.17) is 0 Å². The summed E-state index contributed by atoms with van der Waals surface area (Å²) in [5.41, 5.74) is 1.02. The van der Waals surface area contributed by atoms with Crippen LogP contribution >= 0.6 is 24.0 Å². The van der Waals surface area contributed by atoms with Crippen molar-refractivity contribution >= 4 is 29.9 Å². The molecule has 0 saturated heterocycles. The number of halogens is 1. The Labute approximate surface area is 131 Å². The zero-order chi connectivity index (χ0) is 12.8. The van der Waals surface area contributed by atoms with E-state index in [1.807, 2.05) is 12.1 Å². The molecular formula is C14H22IN3O. The van der Waals surface area contributed by atoms with E-state index < -0.39 is 0 Å². The first-order chi connectivity index (χ1) is 8.78. The van der Waals surface area contributed by atoms with Crippen molar-refractivity contribution in [1.29, 1.82) is 0 Å². The molecule has 0 amide bonds. The second-order valence-electron chi connectivity index (χ2n) is 4.68. The summed E-state index contributed by atoms with van der Waals surface area (Å²) in [7, 11) is 0. The average Bonchev–Trinajstić information content (AvgIpc) is 3.17. The lowest BCUT2D eigenvalue weighted by Crippen LogP contribution is -2.39. The molecule has 0 aliphatic heterocycles. The molecule has 1 fully saturated rings. The smallest absolute Gasteiger partial charge is 0.191 e. The van der Waals surface area contributed by atoms with E-state index in [2.05, 4.69) is 22.5 Å². The quantitative estimate of drug-likeness (QED) is 0.421. The Hall–Kier alpha value is -0.980. The number of guanidine groups is 1. The summed E-state index contributed by atoms with van der Waals surface area (Å²) in [5.74, 6) is 1.17. The third-order valence-corrected chi connectivity index (χ3v) is 2.79. The summed E-state index contributed by atoms with van der Waals surface area (Å²) < 4.78 is 0. The first kappa shape index (κ1) is 16.1. The highest BCUT2D eigenvalue weighted by atomic mass is 127. The van der Waals surface area contributed by atoms with Crippen molar-refractivity contribution in [3.8, 4) is 5.75 Å². The van der Waals surface area contributed by atoms with Crippen LogP contribution in [0.15, 0.2) is 29.3 Å². The number of benzene rings is 1. The largest absolute Gasteiger partial charge is 0.508 e. The fraction of sp³-hybridized carbons (Fsp3) is 0.500. The van der Waals surface area contributed by atoms with Crippen molar-refractivity contribution in [2.75, 3.05) is 6.54 Å². The van der Waals surface area contributed by atoms with Gasteiger partial charge in [0.1, 0.15) is 5.75 Å². The highest BCUT2D eigenvalue weighted by Gasteiger charge is 2.22. The number of aromatic hydroxyl groups is 1. The third-order valence-electron chi connectivity index (χ3n) is 2.79. The van der Waals surface area contributed by atoms with Crippen LogP contribution in [0.2, 0.25) is 0 Å². The molecule has 4 nitrogen and oxygen atoms in total. The van der Waals surface area contributed by atoms with Crippen molar-refractivity contribution in [3.63, 3.8) is 0 Å². The van der Waals surface area contributed by atoms with Gasteiger partial charge in [-0.1, -0.05) is 19.1 Å². The minimum Gasteiger partial charge on any atom is -0.508 e. The van der Waals surface area contributed by atoms with Gasteiger partial charge in [0.25, 0.3) is 0 Å². The average molecular weight is 375 g/mol. The first-order valence-corrected chi connectivity index (χ1v) is 6.60. The molecule has 2 rings (SSSR count). The van der Waals surface area contributed by atoms with Crippen LogP contribution in [0.25, 0.3) is 0 Å². The molecule has 0 radical (unpaired) electrons. The number of hydrogen-bond donors (Lipinski definition) is 3. The van der Waals surface area contributed by atoms with Crippen LogP contribution in [0.4, 0.5) is 0 Å². The Kier molecular flexibility index (Phi) is 6.97. The topological polar surface area (TPSA) is 56.7 Å². The fourth-order valence-electron chi connectivity index (χ4n) is 1.64. The minimum atomic E-state index is 0. The van der Waals surface area contributed by atoms with Crippen LogP contribution in [0.3, 0.4) is 0 Å². The predicted molar refractivity (Wildman–Crippen MR) is 89.1 cm³/mol. The molecule has 0 unspecified atom stereocenters. The van der Waals surface area contributed by atoms with Crippen molar-refractivity contribution in [3.05, 3.63) is 29.8 Å². The number of phenols is 1. The Balaban J connectivity index is 0.00000180. The number of aliphatic imine (C=N–C) groups is 1. The Morgan fingerprint density at radius 3 is 2.84 bits per heavy atom. The second kappa shape index (κ2) is 8.24. The second-order valence-corrected chi connectivity index (χ2v) is 4.68. The summed E-state index contributed by atoms with van der Waals surface area (Å²) in [5, 5.41) is 16.1. The standard InChI is InChI=1S/C14H21N3O.HI/c1-2-8-15-14(17-12-6-7-12)16-10-11-4-3-5-13(18)9-11;/h3-5,9,12,18H,2,6-8,10H2,1H3,(H2,15,16,17);1H. The maximum atomic E-state index is 9.40. The molecule has 0 bridgehead atoms. The number of nitrogens with zero attached hydrogens (tertiary/aromatic N) is 1. The molecule has 3 N–H and O–H groups in total. The van der Waals surface area contributed by atoms with Crippen LogP contribution in [-0.4, -0.2) is 23.7 Å². The normalized spacial score (nSPS) is 14.7. The van der Waals surface area contributed by atoms with Crippen LogP contribution in [-0.2, 0) is 6.54 Å². The van der Waals surface area contributed by atoms with Gasteiger partial charge in [-0.2, -0.15) is 0 Å². The van der Waals surface area contributed by atoms with Crippen LogP contribution in [0.1, 0.15) is 31.7 Å². The van der Waals surface area contributed by atoms with Gasteiger partial charge in [0, 0.05) is 12.6 Å².